The lowest BCUT2D eigenvalue weighted by Gasteiger charge is -2.20. The third kappa shape index (κ3) is 3.96. The minimum atomic E-state index is 0.479. The number of hydrogen-bond donors (Lipinski definition) is 1. The average molecular weight is 337 g/mol. The van der Waals surface area contributed by atoms with Crippen LogP contribution in [-0.2, 0) is 0 Å². The number of ether oxygens (including phenoxy) is 2. The van der Waals surface area contributed by atoms with Crippen LogP contribution in [0.25, 0.3) is 0 Å². The first-order valence-corrected chi connectivity index (χ1v) is 7.77. The van der Waals surface area contributed by atoms with Gasteiger partial charge in [0.15, 0.2) is 0 Å². The summed E-state index contributed by atoms with van der Waals surface area (Å²) < 4.78 is 10.6. The van der Waals surface area contributed by atoms with Crippen molar-refractivity contribution >= 4 is 29.1 Å². The summed E-state index contributed by atoms with van der Waals surface area (Å²) in [6, 6.07) is 5.34. The zero-order valence-electron chi connectivity index (χ0n) is 13.8. The molecule has 0 fully saturated rings. The number of nitrogens with one attached hydrogen (secondary N) is 1. The van der Waals surface area contributed by atoms with E-state index in [0.29, 0.717) is 28.2 Å². The monoisotopic (exact) mass is 336 g/mol. The maximum Gasteiger partial charge on any atom is 0.229 e. The minimum absolute atomic E-state index is 0.479. The molecular formula is C16H21ClN4O2. The Kier molecular flexibility index (Phi) is 5.87. The van der Waals surface area contributed by atoms with Gasteiger partial charge < -0.3 is 19.7 Å². The van der Waals surface area contributed by atoms with E-state index in [2.05, 4.69) is 34.0 Å². The molecule has 2 aromatic rings. The molecule has 6 nitrogen and oxygen atoms in total. The van der Waals surface area contributed by atoms with Crippen molar-refractivity contribution in [3.05, 3.63) is 29.4 Å². The summed E-state index contributed by atoms with van der Waals surface area (Å²) >= 11 is 6.12. The Bertz CT molecular complexity index is 663. The molecule has 0 aliphatic heterocycles. The van der Waals surface area contributed by atoms with Gasteiger partial charge in [-0.3, -0.25) is 0 Å². The molecule has 1 heterocycles. The fraction of sp³-hybridized carbons (Fsp3) is 0.375. The van der Waals surface area contributed by atoms with Gasteiger partial charge in [0, 0.05) is 31.4 Å². The SMILES string of the molecule is CCN(CC)c1ccnc(Nc2cc(OC)c(Cl)cc2OC)n1. The Morgan fingerprint density at radius 1 is 1.13 bits per heavy atom. The molecule has 0 unspecified atom stereocenters. The van der Waals surface area contributed by atoms with Crippen molar-refractivity contribution in [1.82, 2.24) is 9.97 Å². The second-order valence-corrected chi connectivity index (χ2v) is 5.13. The highest BCUT2D eigenvalue weighted by molar-refractivity contribution is 6.32. The zero-order valence-corrected chi connectivity index (χ0v) is 14.5. The van der Waals surface area contributed by atoms with E-state index < -0.39 is 0 Å². The van der Waals surface area contributed by atoms with Gasteiger partial charge in [-0.1, -0.05) is 11.6 Å². The Morgan fingerprint density at radius 3 is 2.43 bits per heavy atom. The first kappa shape index (κ1) is 17.1. The van der Waals surface area contributed by atoms with Crippen LogP contribution in [0, 0.1) is 0 Å². The second-order valence-electron chi connectivity index (χ2n) is 4.72. The van der Waals surface area contributed by atoms with Crippen molar-refractivity contribution in [1.29, 1.82) is 0 Å². The number of aromatic nitrogens is 2. The normalized spacial score (nSPS) is 10.3. The van der Waals surface area contributed by atoms with Crippen LogP contribution in [0.15, 0.2) is 24.4 Å². The summed E-state index contributed by atoms with van der Waals surface area (Å²) in [6.07, 6.45) is 1.72. The molecule has 0 saturated carbocycles. The number of rotatable bonds is 7. The van der Waals surface area contributed by atoms with Crippen LogP contribution in [0.5, 0.6) is 11.5 Å². The van der Waals surface area contributed by atoms with E-state index in [4.69, 9.17) is 21.1 Å². The van der Waals surface area contributed by atoms with E-state index >= 15 is 0 Å². The maximum atomic E-state index is 6.12. The lowest BCUT2D eigenvalue weighted by Crippen LogP contribution is -2.23. The van der Waals surface area contributed by atoms with E-state index in [0.717, 1.165) is 18.9 Å². The zero-order chi connectivity index (χ0) is 16.8. The molecule has 0 spiro atoms. The van der Waals surface area contributed by atoms with E-state index in [9.17, 15) is 0 Å². The number of anilines is 3. The van der Waals surface area contributed by atoms with Crippen molar-refractivity contribution < 1.29 is 9.47 Å². The minimum Gasteiger partial charge on any atom is -0.495 e. The van der Waals surface area contributed by atoms with Gasteiger partial charge in [0.25, 0.3) is 0 Å². The molecule has 0 atom stereocenters. The summed E-state index contributed by atoms with van der Waals surface area (Å²) in [7, 11) is 3.14. The first-order valence-electron chi connectivity index (χ1n) is 7.39. The van der Waals surface area contributed by atoms with Gasteiger partial charge in [0.05, 0.1) is 24.9 Å². The van der Waals surface area contributed by atoms with Crippen LogP contribution in [-0.4, -0.2) is 37.3 Å². The van der Waals surface area contributed by atoms with E-state index in [1.54, 1.807) is 32.5 Å². The molecule has 1 N–H and O–H groups in total. The van der Waals surface area contributed by atoms with Gasteiger partial charge in [-0.2, -0.15) is 4.98 Å². The number of benzene rings is 1. The lowest BCUT2D eigenvalue weighted by molar-refractivity contribution is 0.405. The fourth-order valence-electron chi connectivity index (χ4n) is 2.21. The smallest absolute Gasteiger partial charge is 0.229 e. The molecule has 0 amide bonds. The van der Waals surface area contributed by atoms with Gasteiger partial charge in [-0.15, -0.1) is 0 Å². The predicted octanol–water partition coefficient (Wildman–Crippen LogP) is 3.74. The van der Waals surface area contributed by atoms with Crippen LogP contribution in [0.2, 0.25) is 5.02 Å². The van der Waals surface area contributed by atoms with E-state index in [1.807, 2.05) is 6.07 Å². The Hall–Kier alpha value is -2.21. The van der Waals surface area contributed by atoms with Gasteiger partial charge in [0.1, 0.15) is 17.3 Å². The Labute approximate surface area is 141 Å². The fourth-order valence-corrected chi connectivity index (χ4v) is 2.44. The predicted molar refractivity (Wildman–Crippen MR) is 93.4 cm³/mol. The van der Waals surface area contributed by atoms with E-state index in [1.165, 1.54) is 0 Å². The third-order valence-corrected chi connectivity index (χ3v) is 3.74. The number of halogens is 1. The van der Waals surface area contributed by atoms with Crippen LogP contribution >= 0.6 is 11.6 Å². The summed E-state index contributed by atoms with van der Waals surface area (Å²) in [5.41, 5.74) is 0.686. The molecule has 0 saturated heterocycles. The van der Waals surface area contributed by atoms with Gasteiger partial charge in [-0.25, -0.2) is 4.98 Å². The van der Waals surface area contributed by atoms with Crippen molar-refractivity contribution in [3.8, 4) is 11.5 Å². The van der Waals surface area contributed by atoms with Crippen molar-refractivity contribution in [3.63, 3.8) is 0 Å². The molecule has 0 bridgehead atoms. The molecule has 0 aliphatic rings. The molecule has 1 aromatic carbocycles. The summed E-state index contributed by atoms with van der Waals surface area (Å²) in [5.74, 6) is 2.49. The first-order chi connectivity index (χ1) is 11.1. The highest BCUT2D eigenvalue weighted by Crippen LogP contribution is 2.36. The molecule has 1 aromatic heterocycles. The standard InChI is InChI=1S/C16H21ClN4O2/c1-5-21(6-2)15-7-8-18-16(20-15)19-12-10-13(22-3)11(17)9-14(12)23-4/h7-10H,5-6H2,1-4H3,(H,18,19,20). The average Bonchev–Trinajstić information content (AvgIpc) is 2.57. The van der Waals surface area contributed by atoms with Crippen molar-refractivity contribution in [2.45, 2.75) is 13.8 Å². The van der Waals surface area contributed by atoms with E-state index in [-0.39, 0.29) is 0 Å². The molecule has 2 rings (SSSR count). The number of methoxy groups -OCH3 is 2. The largest absolute Gasteiger partial charge is 0.495 e. The topological polar surface area (TPSA) is 59.5 Å². The maximum absolute atomic E-state index is 6.12. The quantitative estimate of drug-likeness (QED) is 0.831. The van der Waals surface area contributed by atoms with Crippen molar-refractivity contribution in [2.24, 2.45) is 0 Å². The summed E-state index contributed by atoms with van der Waals surface area (Å²) in [6.45, 7) is 5.94. The lowest BCUT2D eigenvalue weighted by atomic mass is 10.2. The van der Waals surface area contributed by atoms with Gasteiger partial charge >= 0.3 is 0 Å². The number of hydrogen-bond acceptors (Lipinski definition) is 6. The van der Waals surface area contributed by atoms with Gasteiger partial charge in [-0.05, 0) is 19.9 Å². The highest BCUT2D eigenvalue weighted by Gasteiger charge is 2.12. The van der Waals surface area contributed by atoms with Gasteiger partial charge in [0.2, 0.25) is 5.95 Å². The Balaban J connectivity index is 2.33. The second kappa shape index (κ2) is 7.87. The van der Waals surface area contributed by atoms with Crippen LogP contribution in [0.4, 0.5) is 17.5 Å². The van der Waals surface area contributed by atoms with Crippen molar-refractivity contribution in [2.75, 3.05) is 37.5 Å². The third-order valence-electron chi connectivity index (χ3n) is 3.45. The molecule has 23 heavy (non-hydrogen) atoms. The summed E-state index contributed by atoms with van der Waals surface area (Å²) in [4.78, 5) is 10.9. The highest BCUT2D eigenvalue weighted by atomic mass is 35.5. The molecule has 0 radical (unpaired) electrons. The number of nitrogens with zero attached hydrogens (tertiary/aromatic N) is 3. The molecule has 7 heteroatoms. The molecule has 124 valence electrons. The van der Waals surface area contributed by atoms with Crippen LogP contribution in [0.1, 0.15) is 13.8 Å². The molecule has 0 aliphatic carbocycles. The Morgan fingerprint density at radius 2 is 1.83 bits per heavy atom. The molecular weight excluding hydrogens is 316 g/mol. The summed E-state index contributed by atoms with van der Waals surface area (Å²) in [5, 5.41) is 3.64. The van der Waals surface area contributed by atoms with Crippen LogP contribution in [0.3, 0.4) is 0 Å². The van der Waals surface area contributed by atoms with Crippen LogP contribution < -0.4 is 19.7 Å².